The van der Waals surface area contributed by atoms with E-state index < -0.39 is 0 Å². The largest absolute Gasteiger partial charge is 0.487 e. The van der Waals surface area contributed by atoms with Crippen LogP contribution in [0.1, 0.15) is 16.7 Å². The third kappa shape index (κ3) is 3.21. The lowest BCUT2D eigenvalue weighted by atomic mass is 10.1. The Morgan fingerprint density at radius 3 is 2.59 bits per heavy atom. The van der Waals surface area contributed by atoms with E-state index in [9.17, 15) is 0 Å². The van der Waals surface area contributed by atoms with Crippen molar-refractivity contribution in [1.29, 1.82) is 0 Å². The zero-order valence-corrected chi connectivity index (χ0v) is 10.7. The molecular weight excluding hydrogens is 234 g/mol. The van der Waals surface area contributed by atoms with Crippen LogP contribution >= 0.6 is 11.6 Å². The normalized spacial score (nSPS) is 10.3. The van der Waals surface area contributed by atoms with E-state index in [0.717, 1.165) is 11.3 Å². The summed E-state index contributed by atoms with van der Waals surface area (Å²) in [5.74, 6) is 0.729. The van der Waals surface area contributed by atoms with E-state index in [1.807, 2.05) is 6.07 Å². The lowest BCUT2D eigenvalue weighted by Crippen LogP contribution is -1.96. The molecule has 0 atom stereocenters. The van der Waals surface area contributed by atoms with Crippen LogP contribution in [-0.4, -0.2) is 4.98 Å². The van der Waals surface area contributed by atoms with Gasteiger partial charge in [0.2, 0.25) is 0 Å². The summed E-state index contributed by atoms with van der Waals surface area (Å²) in [6, 6.07) is 9.85. The number of benzene rings is 1. The molecule has 0 N–H and O–H groups in total. The minimum atomic E-state index is 0.475. The first kappa shape index (κ1) is 11.9. The average molecular weight is 248 g/mol. The van der Waals surface area contributed by atoms with E-state index in [1.54, 1.807) is 12.3 Å². The molecule has 0 saturated heterocycles. The van der Waals surface area contributed by atoms with Crippen LogP contribution in [0.2, 0.25) is 5.15 Å². The summed E-state index contributed by atoms with van der Waals surface area (Å²) in [5, 5.41) is 0.475. The molecule has 0 amide bonds. The minimum Gasteiger partial charge on any atom is -0.487 e. The number of halogens is 1. The molecule has 0 radical (unpaired) electrons. The fourth-order valence-electron chi connectivity index (χ4n) is 1.51. The maximum absolute atomic E-state index is 5.70. The topological polar surface area (TPSA) is 22.1 Å². The van der Waals surface area contributed by atoms with E-state index in [4.69, 9.17) is 16.3 Å². The predicted molar refractivity (Wildman–Crippen MR) is 69.5 cm³/mol. The van der Waals surface area contributed by atoms with Gasteiger partial charge in [-0.25, -0.2) is 4.98 Å². The van der Waals surface area contributed by atoms with Gasteiger partial charge >= 0.3 is 0 Å². The van der Waals surface area contributed by atoms with Crippen molar-refractivity contribution >= 4 is 11.6 Å². The van der Waals surface area contributed by atoms with Crippen molar-refractivity contribution in [3.8, 4) is 5.75 Å². The van der Waals surface area contributed by atoms with Gasteiger partial charge in [-0.05, 0) is 42.7 Å². The van der Waals surface area contributed by atoms with Gasteiger partial charge in [-0.2, -0.15) is 0 Å². The molecule has 2 nitrogen and oxygen atoms in total. The van der Waals surface area contributed by atoms with Crippen LogP contribution in [0.25, 0.3) is 0 Å². The molecule has 0 saturated carbocycles. The molecule has 0 aliphatic heterocycles. The van der Waals surface area contributed by atoms with Crippen LogP contribution in [0.15, 0.2) is 36.5 Å². The summed E-state index contributed by atoms with van der Waals surface area (Å²) in [5.41, 5.74) is 3.73. The first-order chi connectivity index (χ1) is 8.15. The number of ether oxygens (including phenoxy) is 1. The fraction of sp³-hybridized carbons (Fsp3) is 0.214. The maximum Gasteiger partial charge on any atom is 0.138 e. The highest BCUT2D eigenvalue weighted by atomic mass is 35.5. The molecular formula is C14H14ClNO. The molecule has 0 unspecified atom stereocenters. The summed E-state index contributed by atoms with van der Waals surface area (Å²) in [4.78, 5) is 3.96. The van der Waals surface area contributed by atoms with Crippen molar-refractivity contribution < 1.29 is 4.74 Å². The number of hydrogen-bond acceptors (Lipinski definition) is 2. The van der Waals surface area contributed by atoms with Crippen molar-refractivity contribution in [3.05, 3.63) is 58.4 Å². The van der Waals surface area contributed by atoms with Gasteiger partial charge in [0.1, 0.15) is 17.5 Å². The van der Waals surface area contributed by atoms with Gasteiger partial charge in [-0.15, -0.1) is 0 Å². The Morgan fingerprint density at radius 2 is 1.94 bits per heavy atom. The molecule has 0 spiro atoms. The summed E-state index contributed by atoms with van der Waals surface area (Å²) < 4.78 is 5.62. The molecule has 3 heteroatoms. The van der Waals surface area contributed by atoms with Crippen LogP contribution in [-0.2, 0) is 6.61 Å². The van der Waals surface area contributed by atoms with Gasteiger partial charge in [0.05, 0.1) is 6.20 Å². The van der Waals surface area contributed by atoms with E-state index in [0.29, 0.717) is 11.8 Å². The summed E-state index contributed by atoms with van der Waals surface area (Å²) in [6.45, 7) is 4.75. The molecule has 1 heterocycles. The van der Waals surface area contributed by atoms with E-state index >= 15 is 0 Å². The number of hydrogen-bond donors (Lipinski definition) is 0. The van der Waals surface area contributed by atoms with Gasteiger partial charge in [0.25, 0.3) is 0 Å². The van der Waals surface area contributed by atoms with Gasteiger partial charge in [-0.3, -0.25) is 0 Å². The SMILES string of the molecule is Cc1ccc(COc2ccc(Cl)nc2)cc1C. The molecule has 0 aliphatic carbocycles. The van der Waals surface area contributed by atoms with Crippen LogP contribution in [0, 0.1) is 13.8 Å². The second-order valence-electron chi connectivity index (χ2n) is 4.02. The summed E-state index contributed by atoms with van der Waals surface area (Å²) in [6.07, 6.45) is 1.63. The Balaban J connectivity index is 2.02. The van der Waals surface area contributed by atoms with Crippen molar-refractivity contribution in [2.45, 2.75) is 20.5 Å². The number of aryl methyl sites for hydroxylation is 2. The molecule has 0 aliphatic rings. The standard InChI is InChI=1S/C14H14ClNO/c1-10-3-4-12(7-11(10)2)9-17-13-5-6-14(15)16-8-13/h3-8H,9H2,1-2H3. The maximum atomic E-state index is 5.70. The molecule has 1 aromatic carbocycles. The van der Waals surface area contributed by atoms with Crippen molar-refractivity contribution in [1.82, 2.24) is 4.98 Å². The van der Waals surface area contributed by atoms with Crippen molar-refractivity contribution in [2.24, 2.45) is 0 Å². The Morgan fingerprint density at radius 1 is 1.12 bits per heavy atom. The number of aromatic nitrogens is 1. The van der Waals surface area contributed by atoms with Crippen LogP contribution < -0.4 is 4.74 Å². The molecule has 2 aromatic rings. The first-order valence-electron chi connectivity index (χ1n) is 5.45. The average Bonchev–Trinajstić information content (AvgIpc) is 2.33. The van der Waals surface area contributed by atoms with Gasteiger partial charge < -0.3 is 4.74 Å². The third-order valence-corrected chi connectivity index (χ3v) is 2.90. The Labute approximate surface area is 106 Å². The second-order valence-corrected chi connectivity index (χ2v) is 4.41. The minimum absolute atomic E-state index is 0.475. The highest BCUT2D eigenvalue weighted by Gasteiger charge is 1.99. The Kier molecular flexibility index (Phi) is 3.64. The Hall–Kier alpha value is -1.54. The zero-order valence-electron chi connectivity index (χ0n) is 9.90. The Bertz CT molecular complexity index is 508. The first-order valence-corrected chi connectivity index (χ1v) is 5.83. The van der Waals surface area contributed by atoms with E-state index in [1.165, 1.54) is 11.1 Å². The molecule has 1 aromatic heterocycles. The van der Waals surface area contributed by atoms with Crippen LogP contribution in [0.5, 0.6) is 5.75 Å². The third-order valence-electron chi connectivity index (χ3n) is 2.68. The smallest absolute Gasteiger partial charge is 0.138 e. The monoisotopic (exact) mass is 247 g/mol. The summed E-state index contributed by atoms with van der Waals surface area (Å²) >= 11 is 5.70. The highest BCUT2D eigenvalue weighted by molar-refractivity contribution is 6.29. The highest BCUT2D eigenvalue weighted by Crippen LogP contribution is 2.15. The van der Waals surface area contributed by atoms with Gasteiger partial charge in [0, 0.05) is 0 Å². The van der Waals surface area contributed by atoms with Crippen molar-refractivity contribution in [2.75, 3.05) is 0 Å². The summed E-state index contributed by atoms with van der Waals surface area (Å²) in [7, 11) is 0. The fourth-order valence-corrected chi connectivity index (χ4v) is 1.62. The number of nitrogens with zero attached hydrogens (tertiary/aromatic N) is 1. The lowest BCUT2D eigenvalue weighted by molar-refractivity contribution is 0.305. The van der Waals surface area contributed by atoms with Crippen LogP contribution in [0.3, 0.4) is 0 Å². The molecule has 17 heavy (non-hydrogen) atoms. The number of rotatable bonds is 3. The molecule has 2 rings (SSSR count). The van der Waals surface area contributed by atoms with Gasteiger partial charge in [-0.1, -0.05) is 29.8 Å². The van der Waals surface area contributed by atoms with E-state index in [2.05, 4.69) is 37.0 Å². The predicted octanol–water partition coefficient (Wildman–Crippen LogP) is 3.93. The molecule has 88 valence electrons. The zero-order chi connectivity index (χ0) is 12.3. The van der Waals surface area contributed by atoms with Crippen LogP contribution in [0.4, 0.5) is 0 Å². The molecule has 0 bridgehead atoms. The lowest BCUT2D eigenvalue weighted by Gasteiger charge is -2.07. The van der Waals surface area contributed by atoms with Crippen molar-refractivity contribution in [3.63, 3.8) is 0 Å². The second kappa shape index (κ2) is 5.19. The molecule has 0 fully saturated rings. The van der Waals surface area contributed by atoms with Gasteiger partial charge in [0.15, 0.2) is 0 Å². The van der Waals surface area contributed by atoms with E-state index in [-0.39, 0.29) is 0 Å². The number of pyridine rings is 1. The quantitative estimate of drug-likeness (QED) is 0.767.